The van der Waals surface area contributed by atoms with Crippen molar-refractivity contribution in [2.24, 2.45) is 4.99 Å². The Labute approximate surface area is 185 Å². The third kappa shape index (κ3) is 7.43. The van der Waals surface area contributed by atoms with Gasteiger partial charge in [0.25, 0.3) is 0 Å². The van der Waals surface area contributed by atoms with Crippen LogP contribution in [-0.2, 0) is 6.42 Å². The summed E-state index contributed by atoms with van der Waals surface area (Å²) in [4.78, 5) is 7.25. The molecule has 1 saturated heterocycles. The summed E-state index contributed by atoms with van der Waals surface area (Å²) in [6.07, 6.45) is 9.00. The first-order chi connectivity index (χ1) is 13.3. The summed E-state index contributed by atoms with van der Waals surface area (Å²) in [5.74, 6) is 0.907. The van der Waals surface area contributed by atoms with E-state index in [1.807, 2.05) is 29.1 Å². The highest BCUT2D eigenvalue weighted by molar-refractivity contribution is 14.0. The van der Waals surface area contributed by atoms with Crippen molar-refractivity contribution < 1.29 is 0 Å². The number of aromatic nitrogens is 2. The SMILES string of the molecule is CCNC(=NCCN1CCCCC1)NCCc1cnn(-c2ccccc2)c1.I. The Bertz CT molecular complexity index is 694. The first-order valence-corrected chi connectivity index (χ1v) is 10.2. The molecule has 0 spiro atoms. The van der Waals surface area contributed by atoms with Crippen molar-refractivity contribution >= 4 is 29.9 Å². The summed E-state index contributed by atoms with van der Waals surface area (Å²) in [5.41, 5.74) is 2.31. The van der Waals surface area contributed by atoms with Crippen molar-refractivity contribution in [1.82, 2.24) is 25.3 Å². The lowest BCUT2D eigenvalue weighted by atomic mass is 10.1. The highest BCUT2D eigenvalue weighted by atomic mass is 127. The normalized spacial score (nSPS) is 15.1. The number of rotatable bonds is 8. The van der Waals surface area contributed by atoms with Crippen molar-refractivity contribution in [3.05, 3.63) is 48.3 Å². The van der Waals surface area contributed by atoms with Gasteiger partial charge in [0.15, 0.2) is 5.96 Å². The van der Waals surface area contributed by atoms with Crippen LogP contribution in [0.2, 0.25) is 0 Å². The number of para-hydroxylation sites is 1. The molecule has 7 heteroatoms. The third-order valence-corrected chi connectivity index (χ3v) is 4.84. The molecule has 1 aromatic heterocycles. The van der Waals surface area contributed by atoms with E-state index in [0.29, 0.717) is 0 Å². The molecule has 1 fully saturated rings. The molecule has 0 unspecified atom stereocenters. The van der Waals surface area contributed by atoms with Crippen LogP contribution in [0.25, 0.3) is 5.69 Å². The molecule has 0 radical (unpaired) electrons. The van der Waals surface area contributed by atoms with Gasteiger partial charge in [-0.2, -0.15) is 5.10 Å². The van der Waals surface area contributed by atoms with Crippen molar-refractivity contribution in [1.29, 1.82) is 0 Å². The van der Waals surface area contributed by atoms with Gasteiger partial charge in [-0.3, -0.25) is 4.99 Å². The monoisotopic (exact) mass is 496 g/mol. The van der Waals surface area contributed by atoms with Gasteiger partial charge >= 0.3 is 0 Å². The molecule has 0 aliphatic carbocycles. The average molecular weight is 496 g/mol. The molecule has 2 aromatic rings. The molecule has 6 nitrogen and oxygen atoms in total. The Balaban J connectivity index is 0.00000280. The van der Waals surface area contributed by atoms with E-state index in [9.17, 15) is 0 Å². The number of hydrogen-bond donors (Lipinski definition) is 2. The quantitative estimate of drug-likeness (QED) is 0.335. The van der Waals surface area contributed by atoms with Crippen LogP contribution < -0.4 is 10.6 Å². The number of nitrogens with zero attached hydrogens (tertiary/aromatic N) is 4. The first-order valence-electron chi connectivity index (χ1n) is 10.2. The summed E-state index contributed by atoms with van der Waals surface area (Å²) in [6.45, 7) is 8.18. The minimum Gasteiger partial charge on any atom is -0.357 e. The summed E-state index contributed by atoms with van der Waals surface area (Å²) in [7, 11) is 0. The van der Waals surface area contributed by atoms with E-state index in [-0.39, 0.29) is 24.0 Å². The van der Waals surface area contributed by atoms with E-state index in [2.05, 4.69) is 45.9 Å². The van der Waals surface area contributed by atoms with Crippen LogP contribution >= 0.6 is 24.0 Å². The van der Waals surface area contributed by atoms with Gasteiger partial charge in [0.1, 0.15) is 0 Å². The van der Waals surface area contributed by atoms with Crippen molar-refractivity contribution in [3.63, 3.8) is 0 Å². The second-order valence-corrected chi connectivity index (χ2v) is 6.97. The predicted octanol–water partition coefficient (Wildman–Crippen LogP) is 3.07. The highest BCUT2D eigenvalue weighted by Crippen LogP contribution is 2.08. The Morgan fingerprint density at radius 3 is 2.64 bits per heavy atom. The Morgan fingerprint density at radius 1 is 1.11 bits per heavy atom. The minimum absolute atomic E-state index is 0. The molecular formula is C21H33IN6. The van der Waals surface area contributed by atoms with Gasteiger partial charge in [-0.25, -0.2) is 4.68 Å². The van der Waals surface area contributed by atoms with Crippen LogP contribution in [0.4, 0.5) is 0 Å². The van der Waals surface area contributed by atoms with E-state index < -0.39 is 0 Å². The molecule has 0 atom stereocenters. The molecule has 1 aromatic carbocycles. The number of hydrogen-bond acceptors (Lipinski definition) is 3. The van der Waals surface area contributed by atoms with E-state index >= 15 is 0 Å². The molecular weight excluding hydrogens is 463 g/mol. The highest BCUT2D eigenvalue weighted by Gasteiger charge is 2.09. The zero-order chi connectivity index (χ0) is 18.7. The summed E-state index contributed by atoms with van der Waals surface area (Å²) in [5, 5.41) is 11.2. The maximum absolute atomic E-state index is 4.72. The van der Waals surface area contributed by atoms with Gasteiger partial charge in [0.2, 0.25) is 0 Å². The smallest absolute Gasteiger partial charge is 0.191 e. The number of piperidine rings is 1. The molecule has 2 heterocycles. The second kappa shape index (κ2) is 12.8. The Kier molecular flexibility index (Phi) is 10.3. The van der Waals surface area contributed by atoms with Gasteiger partial charge in [0, 0.05) is 25.8 Å². The maximum Gasteiger partial charge on any atom is 0.191 e. The van der Waals surface area contributed by atoms with E-state index in [1.54, 1.807) is 0 Å². The first kappa shape index (κ1) is 22.7. The zero-order valence-electron chi connectivity index (χ0n) is 16.8. The predicted molar refractivity (Wildman–Crippen MR) is 127 cm³/mol. The largest absolute Gasteiger partial charge is 0.357 e. The molecule has 0 saturated carbocycles. The van der Waals surface area contributed by atoms with Gasteiger partial charge in [-0.05, 0) is 57.0 Å². The number of guanidine groups is 1. The van der Waals surface area contributed by atoms with Gasteiger partial charge in [-0.1, -0.05) is 24.6 Å². The van der Waals surface area contributed by atoms with Gasteiger partial charge in [-0.15, -0.1) is 24.0 Å². The topological polar surface area (TPSA) is 57.5 Å². The van der Waals surface area contributed by atoms with Crippen LogP contribution in [0, 0.1) is 0 Å². The number of nitrogens with one attached hydrogen (secondary N) is 2. The van der Waals surface area contributed by atoms with Gasteiger partial charge < -0.3 is 15.5 Å². The standard InChI is InChI=1S/C21H32N6.HI/c1-2-22-21(24-13-16-26-14-7-4-8-15-26)23-12-11-19-17-25-27(18-19)20-9-5-3-6-10-20;/h3,5-6,9-10,17-18H,2,4,7-8,11-16H2,1H3,(H2,22,23,24);1H. The van der Waals surface area contributed by atoms with Crippen LogP contribution in [0.3, 0.4) is 0 Å². The Hall–Kier alpha value is -1.61. The molecule has 0 bridgehead atoms. The fourth-order valence-corrected chi connectivity index (χ4v) is 3.36. The zero-order valence-corrected chi connectivity index (χ0v) is 19.1. The fraction of sp³-hybridized carbons (Fsp3) is 0.524. The average Bonchev–Trinajstić information content (AvgIpc) is 3.18. The molecule has 2 N–H and O–H groups in total. The number of benzene rings is 1. The molecule has 1 aliphatic heterocycles. The summed E-state index contributed by atoms with van der Waals surface area (Å²) < 4.78 is 1.92. The summed E-state index contributed by atoms with van der Waals surface area (Å²) >= 11 is 0. The fourth-order valence-electron chi connectivity index (χ4n) is 3.36. The van der Waals surface area contributed by atoms with E-state index in [4.69, 9.17) is 4.99 Å². The van der Waals surface area contributed by atoms with Crippen LogP contribution in [-0.4, -0.2) is 59.9 Å². The lowest BCUT2D eigenvalue weighted by molar-refractivity contribution is 0.235. The van der Waals surface area contributed by atoms with Crippen LogP contribution in [0.5, 0.6) is 0 Å². The van der Waals surface area contributed by atoms with Gasteiger partial charge in [0.05, 0.1) is 18.4 Å². The Morgan fingerprint density at radius 2 is 1.89 bits per heavy atom. The van der Waals surface area contributed by atoms with Crippen LogP contribution in [0.1, 0.15) is 31.7 Å². The molecule has 28 heavy (non-hydrogen) atoms. The third-order valence-electron chi connectivity index (χ3n) is 4.84. The minimum atomic E-state index is 0. The summed E-state index contributed by atoms with van der Waals surface area (Å²) in [6, 6.07) is 10.2. The molecule has 0 amide bonds. The number of aliphatic imine (C=N–C) groups is 1. The lowest BCUT2D eigenvalue weighted by Crippen LogP contribution is -2.39. The maximum atomic E-state index is 4.72. The lowest BCUT2D eigenvalue weighted by Gasteiger charge is -2.25. The van der Waals surface area contributed by atoms with Crippen LogP contribution in [0.15, 0.2) is 47.7 Å². The van der Waals surface area contributed by atoms with E-state index in [0.717, 1.165) is 44.2 Å². The molecule has 1 aliphatic rings. The number of likely N-dealkylation sites (tertiary alicyclic amines) is 1. The second-order valence-electron chi connectivity index (χ2n) is 6.97. The van der Waals surface area contributed by atoms with Crippen molar-refractivity contribution in [3.8, 4) is 5.69 Å². The van der Waals surface area contributed by atoms with Crippen molar-refractivity contribution in [2.45, 2.75) is 32.6 Å². The molecule has 3 rings (SSSR count). The molecule has 154 valence electrons. The number of halogens is 1. The van der Waals surface area contributed by atoms with E-state index in [1.165, 1.54) is 37.9 Å². The van der Waals surface area contributed by atoms with Crippen molar-refractivity contribution in [2.75, 3.05) is 39.3 Å².